The highest BCUT2D eigenvalue weighted by atomic mass is 16.5. The minimum atomic E-state index is -0.404. The molecule has 0 aliphatic heterocycles. The first-order valence-corrected chi connectivity index (χ1v) is 7.56. The maximum atomic E-state index is 12.5. The fraction of sp³-hybridized carbons (Fsp3) is 0.412. The first kappa shape index (κ1) is 17.0. The molecule has 0 bridgehead atoms. The molecule has 23 heavy (non-hydrogen) atoms. The molecule has 1 N–H and O–H groups in total. The van der Waals surface area contributed by atoms with E-state index >= 15 is 0 Å². The Morgan fingerprint density at radius 1 is 1.35 bits per heavy atom. The van der Waals surface area contributed by atoms with Crippen molar-refractivity contribution in [1.29, 1.82) is 0 Å². The number of ether oxygens (including phenoxy) is 1. The molecule has 2 aromatic heterocycles. The van der Waals surface area contributed by atoms with Crippen molar-refractivity contribution in [1.82, 2.24) is 9.88 Å². The molecule has 0 spiro atoms. The topological polar surface area (TPSA) is 73.5 Å². The molecule has 0 amide bonds. The van der Waals surface area contributed by atoms with Gasteiger partial charge in [0.25, 0.3) is 0 Å². The van der Waals surface area contributed by atoms with Gasteiger partial charge in [-0.05, 0) is 38.5 Å². The zero-order chi connectivity index (χ0) is 17.0. The van der Waals surface area contributed by atoms with Crippen molar-refractivity contribution in [3.05, 3.63) is 46.7 Å². The lowest BCUT2D eigenvalue weighted by Gasteiger charge is -2.05. The van der Waals surface area contributed by atoms with Crippen LogP contribution in [-0.4, -0.2) is 29.5 Å². The maximum absolute atomic E-state index is 12.5. The van der Waals surface area contributed by atoms with Gasteiger partial charge in [0.2, 0.25) is 0 Å². The van der Waals surface area contributed by atoms with Crippen molar-refractivity contribution in [2.24, 2.45) is 7.05 Å². The van der Waals surface area contributed by atoms with Gasteiger partial charge in [-0.1, -0.05) is 0 Å². The minimum Gasteiger partial charge on any atom is -0.468 e. The molecule has 0 radical (unpaired) electrons. The summed E-state index contributed by atoms with van der Waals surface area (Å²) in [5, 5.41) is 3.05. The van der Waals surface area contributed by atoms with E-state index in [2.05, 4.69) is 5.32 Å². The third-order valence-corrected chi connectivity index (χ3v) is 3.84. The fourth-order valence-electron chi connectivity index (χ4n) is 2.68. The van der Waals surface area contributed by atoms with Gasteiger partial charge in [0.05, 0.1) is 26.0 Å². The molecule has 2 rings (SSSR count). The third-order valence-electron chi connectivity index (χ3n) is 3.84. The van der Waals surface area contributed by atoms with Crippen LogP contribution in [0.2, 0.25) is 0 Å². The smallest absolute Gasteiger partial charge is 0.355 e. The molecule has 0 aliphatic carbocycles. The van der Waals surface area contributed by atoms with Crippen LogP contribution < -0.4 is 5.32 Å². The second kappa shape index (κ2) is 7.28. The van der Waals surface area contributed by atoms with Gasteiger partial charge in [0.1, 0.15) is 11.5 Å². The molecular weight excluding hydrogens is 296 g/mol. The first-order chi connectivity index (χ1) is 11.0. The highest BCUT2D eigenvalue weighted by Crippen LogP contribution is 2.22. The molecule has 0 unspecified atom stereocenters. The second-order valence-corrected chi connectivity index (χ2v) is 5.32. The van der Waals surface area contributed by atoms with Crippen LogP contribution in [0.3, 0.4) is 0 Å². The van der Waals surface area contributed by atoms with Crippen molar-refractivity contribution in [3.8, 4) is 0 Å². The number of esters is 1. The standard InChI is InChI=1S/C17H22N2O4/c1-5-22-17(21)16-11(2)15(12(3)19(16)4)14(20)10-18-9-13-7-6-8-23-13/h6-8,18H,5,9-10H2,1-4H3. The Morgan fingerprint density at radius 2 is 2.09 bits per heavy atom. The summed E-state index contributed by atoms with van der Waals surface area (Å²) >= 11 is 0. The number of nitrogens with zero attached hydrogens (tertiary/aromatic N) is 1. The van der Waals surface area contributed by atoms with Gasteiger partial charge in [-0.15, -0.1) is 0 Å². The molecule has 0 saturated heterocycles. The monoisotopic (exact) mass is 318 g/mol. The van der Waals surface area contributed by atoms with Crippen LogP contribution in [0.15, 0.2) is 22.8 Å². The number of Topliss-reactive ketones (excluding diaryl/α,β-unsaturated/α-hetero) is 1. The average molecular weight is 318 g/mol. The van der Waals surface area contributed by atoms with Crippen LogP contribution in [-0.2, 0) is 18.3 Å². The van der Waals surface area contributed by atoms with E-state index in [1.807, 2.05) is 13.0 Å². The van der Waals surface area contributed by atoms with E-state index in [0.29, 0.717) is 30.0 Å². The van der Waals surface area contributed by atoms with Crippen LogP contribution in [0, 0.1) is 13.8 Å². The summed E-state index contributed by atoms with van der Waals surface area (Å²) in [5.74, 6) is 0.308. The highest BCUT2D eigenvalue weighted by Gasteiger charge is 2.25. The van der Waals surface area contributed by atoms with E-state index in [1.54, 1.807) is 37.8 Å². The predicted octanol–water partition coefficient (Wildman–Crippen LogP) is 2.38. The summed E-state index contributed by atoms with van der Waals surface area (Å²) in [4.78, 5) is 24.6. The molecule has 2 aromatic rings. The lowest BCUT2D eigenvalue weighted by Crippen LogP contribution is -2.23. The SMILES string of the molecule is CCOC(=O)c1c(C)c(C(=O)CNCc2ccco2)c(C)n1C. The second-order valence-electron chi connectivity index (χ2n) is 5.32. The van der Waals surface area contributed by atoms with Gasteiger partial charge in [0.15, 0.2) is 5.78 Å². The molecule has 0 fully saturated rings. The number of carbonyl (C=O) groups is 2. The first-order valence-electron chi connectivity index (χ1n) is 7.56. The normalized spacial score (nSPS) is 10.8. The van der Waals surface area contributed by atoms with Crippen LogP contribution in [0.25, 0.3) is 0 Å². The van der Waals surface area contributed by atoms with Crippen molar-refractivity contribution in [2.45, 2.75) is 27.3 Å². The summed E-state index contributed by atoms with van der Waals surface area (Å²) in [5.41, 5.74) is 2.42. The van der Waals surface area contributed by atoms with Gasteiger partial charge >= 0.3 is 5.97 Å². The lowest BCUT2D eigenvalue weighted by molar-refractivity contribution is 0.0514. The van der Waals surface area contributed by atoms with Gasteiger partial charge in [-0.3, -0.25) is 4.79 Å². The van der Waals surface area contributed by atoms with Crippen LogP contribution in [0.1, 0.15) is 44.8 Å². The van der Waals surface area contributed by atoms with E-state index in [-0.39, 0.29) is 12.3 Å². The molecule has 0 saturated carbocycles. The summed E-state index contributed by atoms with van der Waals surface area (Å²) in [6.45, 7) is 6.32. The number of hydrogen-bond donors (Lipinski definition) is 1. The molecule has 124 valence electrons. The number of carbonyl (C=O) groups excluding carboxylic acids is 2. The van der Waals surface area contributed by atoms with Crippen LogP contribution in [0.5, 0.6) is 0 Å². The Labute approximate surface area is 135 Å². The Kier molecular flexibility index (Phi) is 5.39. The number of aromatic nitrogens is 1. The number of nitrogens with one attached hydrogen (secondary N) is 1. The fourth-order valence-corrected chi connectivity index (χ4v) is 2.68. The van der Waals surface area contributed by atoms with E-state index in [0.717, 1.165) is 11.5 Å². The number of hydrogen-bond acceptors (Lipinski definition) is 5. The highest BCUT2D eigenvalue weighted by molar-refractivity contribution is 6.03. The number of furan rings is 1. The summed E-state index contributed by atoms with van der Waals surface area (Å²) in [6, 6.07) is 3.64. The zero-order valence-electron chi connectivity index (χ0n) is 13.9. The lowest BCUT2D eigenvalue weighted by atomic mass is 10.1. The van der Waals surface area contributed by atoms with Gasteiger partial charge in [-0.25, -0.2) is 4.79 Å². The summed E-state index contributed by atoms with van der Waals surface area (Å²) in [6.07, 6.45) is 1.59. The Hall–Kier alpha value is -2.34. The quantitative estimate of drug-likeness (QED) is 0.627. The minimum absolute atomic E-state index is 0.0577. The Balaban J connectivity index is 2.13. The van der Waals surface area contributed by atoms with Gasteiger partial charge in [-0.2, -0.15) is 0 Å². The van der Waals surface area contributed by atoms with E-state index in [9.17, 15) is 9.59 Å². The predicted molar refractivity (Wildman–Crippen MR) is 85.6 cm³/mol. The molecule has 0 atom stereocenters. The van der Waals surface area contributed by atoms with Crippen molar-refractivity contribution >= 4 is 11.8 Å². The maximum Gasteiger partial charge on any atom is 0.355 e. The van der Waals surface area contributed by atoms with Crippen LogP contribution in [0.4, 0.5) is 0 Å². The molecule has 6 nitrogen and oxygen atoms in total. The van der Waals surface area contributed by atoms with Crippen LogP contribution >= 0.6 is 0 Å². The number of ketones is 1. The van der Waals surface area contributed by atoms with Gasteiger partial charge in [0, 0.05) is 18.3 Å². The largest absolute Gasteiger partial charge is 0.468 e. The van der Waals surface area contributed by atoms with Gasteiger partial charge < -0.3 is 19.0 Å². The van der Waals surface area contributed by atoms with Crippen molar-refractivity contribution in [3.63, 3.8) is 0 Å². The van der Waals surface area contributed by atoms with Crippen molar-refractivity contribution < 1.29 is 18.7 Å². The van der Waals surface area contributed by atoms with E-state index < -0.39 is 5.97 Å². The molecule has 0 aromatic carbocycles. The Bertz CT molecular complexity index is 699. The number of rotatable bonds is 7. The molecule has 2 heterocycles. The van der Waals surface area contributed by atoms with E-state index in [1.165, 1.54) is 0 Å². The van der Waals surface area contributed by atoms with Crippen molar-refractivity contribution in [2.75, 3.05) is 13.2 Å². The molecule has 0 aliphatic rings. The molecular formula is C17H22N2O4. The Morgan fingerprint density at radius 3 is 2.70 bits per heavy atom. The third kappa shape index (κ3) is 3.53. The molecule has 6 heteroatoms. The summed E-state index contributed by atoms with van der Waals surface area (Å²) in [7, 11) is 1.77. The average Bonchev–Trinajstić information content (AvgIpc) is 3.07. The summed E-state index contributed by atoms with van der Waals surface area (Å²) < 4.78 is 12.0. The zero-order valence-corrected chi connectivity index (χ0v) is 13.9. The van der Waals surface area contributed by atoms with E-state index in [4.69, 9.17) is 9.15 Å².